The Labute approximate surface area is 129 Å². The van der Waals surface area contributed by atoms with E-state index in [1.54, 1.807) is 12.3 Å². The van der Waals surface area contributed by atoms with Crippen molar-refractivity contribution >= 4 is 5.97 Å². The molecule has 3 rings (SSSR count). The van der Waals surface area contributed by atoms with Crippen LogP contribution in [0.4, 0.5) is 0 Å². The number of benzene rings is 2. The minimum absolute atomic E-state index is 0.379. The number of methoxy groups -OCH3 is 1. The summed E-state index contributed by atoms with van der Waals surface area (Å²) in [5.41, 5.74) is 4.55. The number of hydrogen-bond donors (Lipinski definition) is 0. The molecule has 3 aromatic rings. The van der Waals surface area contributed by atoms with E-state index in [2.05, 4.69) is 23.2 Å². The largest absolute Gasteiger partial charge is 0.465 e. The molecule has 0 aliphatic rings. The number of carbonyl (C=O) groups is 1. The maximum atomic E-state index is 11.5. The van der Waals surface area contributed by atoms with Crippen LogP contribution < -0.4 is 0 Å². The lowest BCUT2D eigenvalue weighted by atomic mass is 9.97. The number of rotatable bonds is 3. The van der Waals surface area contributed by atoms with Crippen molar-refractivity contribution in [3.8, 4) is 22.4 Å². The molecule has 0 saturated carbocycles. The van der Waals surface area contributed by atoms with E-state index in [1.165, 1.54) is 7.11 Å². The van der Waals surface area contributed by atoms with Crippen LogP contribution >= 0.6 is 0 Å². The van der Waals surface area contributed by atoms with Crippen LogP contribution in [0.3, 0.4) is 0 Å². The molecule has 2 aromatic carbocycles. The Kier molecular flexibility index (Phi) is 3.97. The summed E-state index contributed by atoms with van der Waals surface area (Å²) in [6, 6.07) is 21.8. The molecule has 1 heterocycles. The van der Waals surface area contributed by atoms with E-state index in [9.17, 15) is 4.79 Å². The Morgan fingerprint density at radius 3 is 2.18 bits per heavy atom. The molecule has 108 valence electrons. The second-order valence-electron chi connectivity index (χ2n) is 4.84. The number of pyridine rings is 1. The Balaban J connectivity index is 2.04. The summed E-state index contributed by atoms with van der Waals surface area (Å²) >= 11 is 0. The molecule has 0 aliphatic carbocycles. The number of carbonyl (C=O) groups excluding carboxylic acids is 1. The predicted molar refractivity (Wildman–Crippen MR) is 86.4 cm³/mol. The maximum absolute atomic E-state index is 11.5. The molecule has 22 heavy (non-hydrogen) atoms. The summed E-state index contributed by atoms with van der Waals surface area (Å²) in [5, 5.41) is 0. The number of hydrogen-bond acceptors (Lipinski definition) is 3. The van der Waals surface area contributed by atoms with Gasteiger partial charge in [-0.3, -0.25) is 4.98 Å². The van der Waals surface area contributed by atoms with Crippen molar-refractivity contribution in [3.63, 3.8) is 0 Å². The van der Waals surface area contributed by atoms with E-state index in [0.717, 1.165) is 22.4 Å². The lowest BCUT2D eigenvalue weighted by Gasteiger charge is -2.09. The molecular weight excluding hydrogens is 274 g/mol. The van der Waals surface area contributed by atoms with E-state index in [-0.39, 0.29) is 5.97 Å². The molecule has 3 nitrogen and oxygen atoms in total. The lowest BCUT2D eigenvalue weighted by Crippen LogP contribution is -2.01. The molecule has 0 atom stereocenters. The topological polar surface area (TPSA) is 39.2 Å². The van der Waals surface area contributed by atoms with Crippen molar-refractivity contribution < 1.29 is 9.53 Å². The fourth-order valence-electron chi connectivity index (χ4n) is 2.37. The van der Waals surface area contributed by atoms with E-state index in [0.29, 0.717) is 5.56 Å². The van der Waals surface area contributed by atoms with Crippen molar-refractivity contribution in [2.45, 2.75) is 0 Å². The highest BCUT2D eigenvalue weighted by Crippen LogP contribution is 2.30. The minimum atomic E-state index is -0.379. The third-order valence-corrected chi connectivity index (χ3v) is 3.47. The van der Waals surface area contributed by atoms with Crippen molar-refractivity contribution in [1.29, 1.82) is 0 Å². The van der Waals surface area contributed by atoms with Crippen molar-refractivity contribution in [2.24, 2.45) is 0 Å². The highest BCUT2D eigenvalue weighted by Gasteiger charge is 2.10. The highest BCUT2D eigenvalue weighted by atomic mass is 16.5. The standard InChI is InChI=1S/C19H15NO2/c1-22-19(21)15-11-12-18(20-13-15)17-10-6-5-9-16(17)14-7-3-2-4-8-14/h2-13H,1H3. The SMILES string of the molecule is COC(=O)c1ccc(-c2ccccc2-c2ccccc2)nc1. The summed E-state index contributed by atoms with van der Waals surface area (Å²) in [4.78, 5) is 15.9. The van der Waals surface area contributed by atoms with Crippen molar-refractivity contribution in [1.82, 2.24) is 4.98 Å². The van der Waals surface area contributed by atoms with Gasteiger partial charge in [0.1, 0.15) is 0 Å². The molecule has 3 heteroatoms. The van der Waals surface area contributed by atoms with Crippen LogP contribution in [0.25, 0.3) is 22.4 Å². The average Bonchev–Trinajstić information content (AvgIpc) is 2.62. The van der Waals surface area contributed by atoms with Gasteiger partial charge in [0.05, 0.1) is 18.4 Å². The number of ether oxygens (including phenoxy) is 1. The first-order valence-electron chi connectivity index (χ1n) is 6.99. The third kappa shape index (κ3) is 2.74. The minimum Gasteiger partial charge on any atom is -0.465 e. The zero-order chi connectivity index (χ0) is 15.4. The first-order valence-corrected chi connectivity index (χ1v) is 6.99. The Morgan fingerprint density at radius 1 is 0.864 bits per heavy atom. The number of esters is 1. The van der Waals surface area contributed by atoms with Gasteiger partial charge in [0, 0.05) is 11.8 Å². The summed E-state index contributed by atoms with van der Waals surface area (Å²) in [6.07, 6.45) is 1.54. The van der Waals surface area contributed by atoms with Gasteiger partial charge in [0.2, 0.25) is 0 Å². The zero-order valence-corrected chi connectivity index (χ0v) is 12.2. The van der Waals surface area contributed by atoms with Crippen LogP contribution in [0.2, 0.25) is 0 Å². The summed E-state index contributed by atoms with van der Waals surface area (Å²) in [6.45, 7) is 0. The Bertz CT molecular complexity index is 780. The maximum Gasteiger partial charge on any atom is 0.339 e. The van der Waals surface area contributed by atoms with Crippen molar-refractivity contribution in [3.05, 3.63) is 78.5 Å². The van der Waals surface area contributed by atoms with Gasteiger partial charge >= 0.3 is 5.97 Å². The molecule has 0 fully saturated rings. The summed E-state index contributed by atoms with van der Waals surface area (Å²) < 4.78 is 4.70. The molecule has 1 aromatic heterocycles. The van der Waals surface area contributed by atoms with Crippen LogP contribution in [0.5, 0.6) is 0 Å². The first-order chi connectivity index (χ1) is 10.8. The van der Waals surface area contributed by atoms with Gasteiger partial charge in [0.25, 0.3) is 0 Å². The Morgan fingerprint density at radius 2 is 1.55 bits per heavy atom. The van der Waals surface area contributed by atoms with E-state index in [1.807, 2.05) is 42.5 Å². The predicted octanol–water partition coefficient (Wildman–Crippen LogP) is 4.20. The van der Waals surface area contributed by atoms with Crippen LogP contribution in [0.1, 0.15) is 10.4 Å². The van der Waals surface area contributed by atoms with Crippen LogP contribution in [0, 0.1) is 0 Å². The Hall–Kier alpha value is -2.94. The highest BCUT2D eigenvalue weighted by molar-refractivity contribution is 5.89. The number of nitrogens with zero attached hydrogens (tertiary/aromatic N) is 1. The van der Waals surface area contributed by atoms with E-state index in [4.69, 9.17) is 4.74 Å². The van der Waals surface area contributed by atoms with Gasteiger partial charge in [-0.1, -0.05) is 54.6 Å². The van der Waals surface area contributed by atoms with Gasteiger partial charge in [-0.25, -0.2) is 4.79 Å². The monoisotopic (exact) mass is 289 g/mol. The lowest BCUT2D eigenvalue weighted by molar-refractivity contribution is 0.0600. The molecule has 0 saturated heterocycles. The van der Waals surface area contributed by atoms with Gasteiger partial charge in [-0.15, -0.1) is 0 Å². The molecule has 0 N–H and O–H groups in total. The molecule has 0 spiro atoms. The fourth-order valence-corrected chi connectivity index (χ4v) is 2.37. The van der Waals surface area contributed by atoms with Gasteiger partial charge in [0.15, 0.2) is 0 Å². The van der Waals surface area contributed by atoms with Gasteiger partial charge < -0.3 is 4.74 Å². The van der Waals surface area contributed by atoms with Crippen LogP contribution in [0.15, 0.2) is 72.9 Å². The number of aromatic nitrogens is 1. The molecule has 0 bridgehead atoms. The molecule has 0 aliphatic heterocycles. The van der Waals surface area contributed by atoms with Crippen LogP contribution in [-0.4, -0.2) is 18.1 Å². The fraction of sp³-hybridized carbons (Fsp3) is 0.0526. The summed E-state index contributed by atoms with van der Waals surface area (Å²) in [5.74, 6) is -0.379. The van der Waals surface area contributed by atoms with E-state index >= 15 is 0 Å². The second kappa shape index (κ2) is 6.22. The normalized spacial score (nSPS) is 10.2. The second-order valence-corrected chi connectivity index (χ2v) is 4.84. The molecular formula is C19H15NO2. The first kappa shape index (κ1) is 14.0. The molecule has 0 radical (unpaired) electrons. The smallest absolute Gasteiger partial charge is 0.339 e. The third-order valence-electron chi connectivity index (χ3n) is 3.47. The van der Waals surface area contributed by atoms with E-state index < -0.39 is 0 Å². The van der Waals surface area contributed by atoms with Crippen molar-refractivity contribution in [2.75, 3.05) is 7.11 Å². The summed E-state index contributed by atoms with van der Waals surface area (Å²) in [7, 11) is 1.36. The van der Waals surface area contributed by atoms with Gasteiger partial charge in [-0.05, 0) is 23.3 Å². The average molecular weight is 289 g/mol. The molecule has 0 unspecified atom stereocenters. The van der Waals surface area contributed by atoms with Crippen LogP contribution in [-0.2, 0) is 4.74 Å². The quantitative estimate of drug-likeness (QED) is 0.678. The molecule has 0 amide bonds. The zero-order valence-electron chi connectivity index (χ0n) is 12.2. The van der Waals surface area contributed by atoms with Gasteiger partial charge in [-0.2, -0.15) is 0 Å².